The van der Waals surface area contributed by atoms with E-state index in [0.29, 0.717) is 24.2 Å². The van der Waals surface area contributed by atoms with Gasteiger partial charge in [-0.15, -0.1) is 0 Å². The second kappa shape index (κ2) is 6.30. The molecule has 1 aromatic carbocycles. The third kappa shape index (κ3) is 2.93. The minimum atomic E-state index is 0.268. The van der Waals surface area contributed by atoms with E-state index in [0.717, 1.165) is 11.9 Å². The Balaban J connectivity index is 2.51. The largest absolute Gasteiger partial charge is 0.312 e. The summed E-state index contributed by atoms with van der Waals surface area (Å²) in [6.07, 6.45) is 0.662. The first-order chi connectivity index (χ1) is 9.45. The van der Waals surface area contributed by atoms with Gasteiger partial charge in [0.05, 0.1) is 5.69 Å². The second-order valence-corrected chi connectivity index (χ2v) is 6.97. The third-order valence-electron chi connectivity index (χ3n) is 4.04. The van der Waals surface area contributed by atoms with Crippen LogP contribution in [-0.4, -0.2) is 17.8 Å². The highest BCUT2D eigenvalue weighted by Gasteiger charge is 2.33. The van der Waals surface area contributed by atoms with E-state index in [9.17, 15) is 4.79 Å². The van der Waals surface area contributed by atoms with Crippen LogP contribution in [0, 0.1) is 5.92 Å². The highest BCUT2D eigenvalue weighted by atomic mass is 79.9. The van der Waals surface area contributed by atoms with Gasteiger partial charge in [-0.25, -0.2) is 0 Å². The predicted molar refractivity (Wildman–Crippen MR) is 88.9 cm³/mol. The number of carbonyl (C=O) groups excluding carboxylic acids is 1. The number of hydrogen-bond donors (Lipinski definition) is 0. The van der Waals surface area contributed by atoms with Gasteiger partial charge in [0.2, 0.25) is 5.91 Å². The number of benzene rings is 1. The minimum Gasteiger partial charge on any atom is -0.312 e. The summed E-state index contributed by atoms with van der Waals surface area (Å²) < 4.78 is 0. The van der Waals surface area contributed by atoms with Gasteiger partial charge in [0.1, 0.15) is 0 Å². The Kier molecular flexibility index (Phi) is 4.90. The molecule has 1 fully saturated rings. The van der Waals surface area contributed by atoms with E-state index < -0.39 is 0 Å². The molecule has 1 heterocycles. The Morgan fingerprint density at radius 2 is 1.75 bits per heavy atom. The highest BCUT2D eigenvalue weighted by Crippen LogP contribution is 2.38. The summed E-state index contributed by atoms with van der Waals surface area (Å²) in [5.41, 5.74) is 3.76. The van der Waals surface area contributed by atoms with Crippen molar-refractivity contribution >= 4 is 27.5 Å². The molecular weight excluding hydrogens is 314 g/mol. The zero-order valence-electron chi connectivity index (χ0n) is 12.8. The predicted octanol–water partition coefficient (Wildman–Crippen LogP) is 4.68. The van der Waals surface area contributed by atoms with Gasteiger partial charge >= 0.3 is 0 Å². The van der Waals surface area contributed by atoms with E-state index in [2.05, 4.69) is 61.8 Å². The molecule has 0 saturated carbocycles. The molecule has 0 aromatic heterocycles. The molecule has 0 spiro atoms. The van der Waals surface area contributed by atoms with Crippen molar-refractivity contribution in [2.24, 2.45) is 5.92 Å². The minimum absolute atomic E-state index is 0.268. The molecule has 0 N–H and O–H groups in total. The average molecular weight is 338 g/mol. The van der Waals surface area contributed by atoms with Crippen LogP contribution in [0.4, 0.5) is 5.69 Å². The van der Waals surface area contributed by atoms with Crippen molar-refractivity contribution in [2.45, 2.75) is 46.0 Å². The third-order valence-corrected chi connectivity index (χ3v) is 4.95. The van der Waals surface area contributed by atoms with Crippen LogP contribution in [0.3, 0.4) is 0 Å². The van der Waals surface area contributed by atoms with Gasteiger partial charge in [-0.1, -0.05) is 61.8 Å². The zero-order valence-corrected chi connectivity index (χ0v) is 14.4. The molecule has 0 bridgehead atoms. The Morgan fingerprint density at radius 1 is 1.20 bits per heavy atom. The van der Waals surface area contributed by atoms with Gasteiger partial charge in [-0.3, -0.25) is 4.79 Å². The Bertz CT molecular complexity index is 470. The van der Waals surface area contributed by atoms with Crippen molar-refractivity contribution in [3.63, 3.8) is 0 Å². The number of para-hydroxylation sites is 1. The summed E-state index contributed by atoms with van der Waals surface area (Å²) in [5, 5.41) is 0.899. The fraction of sp³-hybridized carbons (Fsp3) is 0.588. The number of hydrogen-bond acceptors (Lipinski definition) is 1. The molecule has 20 heavy (non-hydrogen) atoms. The van der Waals surface area contributed by atoms with Crippen LogP contribution in [0.15, 0.2) is 18.2 Å². The van der Waals surface area contributed by atoms with Crippen LogP contribution in [0.1, 0.15) is 57.1 Å². The summed E-state index contributed by atoms with van der Waals surface area (Å²) in [4.78, 5) is 14.4. The maximum atomic E-state index is 12.4. The lowest BCUT2D eigenvalue weighted by Gasteiger charge is -2.27. The maximum Gasteiger partial charge on any atom is 0.227 e. The van der Waals surface area contributed by atoms with Crippen molar-refractivity contribution in [3.8, 4) is 0 Å². The fourth-order valence-corrected chi connectivity index (χ4v) is 3.36. The summed E-state index contributed by atoms with van der Waals surface area (Å²) in [7, 11) is 0. The number of carbonyl (C=O) groups is 1. The van der Waals surface area contributed by atoms with Gasteiger partial charge in [0, 0.05) is 18.3 Å². The molecule has 110 valence electrons. The molecule has 1 aliphatic rings. The first-order valence-corrected chi connectivity index (χ1v) is 8.57. The van der Waals surface area contributed by atoms with Crippen LogP contribution < -0.4 is 4.90 Å². The van der Waals surface area contributed by atoms with Crippen LogP contribution >= 0.6 is 15.9 Å². The molecule has 1 saturated heterocycles. The number of amides is 1. The lowest BCUT2D eigenvalue weighted by molar-refractivity contribution is -0.117. The maximum absolute atomic E-state index is 12.4. The molecule has 1 amide bonds. The molecular formula is C17H24BrNO. The normalized spacial score (nSPS) is 19.4. The number of rotatable bonds is 4. The van der Waals surface area contributed by atoms with Crippen molar-refractivity contribution in [2.75, 3.05) is 16.8 Å². The van der Waals surface area contributed by atoms with Crippen LogP contribution in [0.25, 0.3) is 0 Å². The molecule has 0 aliphatic carbocycles. The van der Waals surface area contributed by atoms with Gasteiger partial charge < -0.3 is 4.90 Å². The summed E-state index contributed by atoms with van der Waals surface area (Å²) in [6.45, 7) is 9.64. The first-order valence-electron chi connectivity index (χ1n) is 7.44. The molecule has 2 nitrogen and oxygen atoms in total. The van der Waals surface area contributed by atoms with E-state index in [1.165, 1.54) is 16.8 Å². The summed E-state index contributed by atoms with van der Waals surface area (Å²) in [6, 6.07) is 6.46. The highest BCUT2D eigenvalue weighted by molar-refractivity contribution is 9.09. The van der Waals surface area contributed by atoms with Gasteiger partial charge in [-0.05, 0) is 28.9 Å². The van der Waals surface area contributed by atoms with Crippen molar-refractivity contribution in [3.05, 3.63) is 29.3 Å². The molecule has 2 rings (SSSR count). The van der Waals surface area contributed by atoms with E-state index >= 15 is 0 Å². The molecule has 1 aliphatic heterocycles. The number of halogens is 1. The van der Waals surface area contributed by atoms with Gasteiger partial charge in [0.15, 0.2) is 0 Å². The lowest BCUT2D eigenvalue weighted by atomic mass is 9.92. The number of nitrogens with zero attached hydrogens (tertiary/aromatic N) is 1. The summed E-state index contributed by atoms with van der Waals surface area (Å²) >= 11 is 3.52. The van der Waals surface area contributed by atoms with Crippen LogP contribution in [0.2, 0.25) is 0 Å². The zero-order chi connectivity index (χ0) is 14.9. The smallest absolute Gasteiger partial charge is 0.227 e. The lowest BCUT2D eigenvalue weighted by Crippen LogP contribution is -2.27. The van der Waals surface area contributed by atoms with E-state index in [-0.39, 0.29) is 5.91 Å². The number of alkyl halides is 1. The quantitative estimate of drug-likeness (QED) is 0.730. The van der Waals surface area contributed by atoms with Crippen molar-refractivity contribution in [1.29, 1.82) is 0 Å². The van der Waals surface area contributed by atoms with E-state index in [1.54, 1.807) is 0 Å². The Labute approximate surface area is 130 Å². The van der Waals surface area contributed by atoms with Crippen LogP contribution in [-0.2, 0) is 4.79 Å². The molecule has 1 aromatic rings. The number of anilines is 1. The Hall–Kier alpha value is -0.830. The Morgan fingerprint density at radius 3 is 2.15 bits per heavy atom. The molecule has 0 radical (unpaired) electrons. The van der Waals surface area contributed by atoms with Gasteiger partial charge in [0.25, 0.3) is 0 Å². The second-order valence-electron chi connectivity index (χ2n) is 6.32. The SMILES string of the molecule is CC(C)c1cccc(C(C)C)c1N1CC(CBr)CC1=O. The van der Waals surface area contributed by atoms with Gasteiger partial charge in [-0.2, -0.15) is 0 Å². The standard InChI is InChI=1S/C17H24BrNO/c1-11(2)14-6-5-7-15(12(3)4)17(14)19-10-13(9-18)8-16(19)20/h5-7,11-13H,8-10H2,1-4H3. The topological polar surface area (TPSA) is 20.3 Å². The fourth-order valence-electron chi connectivity index (χ4n) is 2.92. The average Bonchev–Trinajstić information content (AvgIpc) is 2.78. The van der Waals surface area contributed by atoms with E-state index in [4.69, 9.17) is 0 Å². The molecule has 1 unspecified atom stereocenters. The molecule has 1 atom stereocenters. The van der Waals surface area contributed by atoms with Crippen molar-refractivity contribution in [1.82, 2.24) is 0 Å². The van der Waals surface area contributed by atoms with Crippen LogP contribution in [0.5, 0.6) is 0 Å². The monoisotopic (exact) mass is 337 g/mol. The first kappa shape index (κ1) is 15.6. The summed E-state index contributed by atoms with van der Waals surface area (Å²) in [5.74, 6) is 1.56. The van der Waals surface area contributed by atoms with Crippen molar-refractivity contribution < 1.29 is 4.79 Å². The van der Waals surface area contributed by atoms with E-state index in [1.807, 2.05) is 4.90 Å². The molecule has 3 heteroatoms.